The molecule has 0 heterocycles. The van der Waals surface area contributed by atoms with Gasteiger partial charge < -0.3 is 9.47 Å². The smallest absolute Gasteiger partial charge is 0.199 e. The van der Waals surface area contributed by atoms with Crippen molar-refractivity contribution in [2.24, 2.45) is 0 Å². The average molecular weight is 418 g/mol. The second-order valence-corrected chi connectivity index (χ2v) is 5.85. The van der Waals surface area contributed by atoms with E-state index in [4.69, 9.17) is 9.47 Å². The van der Waals surface area contributed by atoms with Crippen molar-refractivity contribution in [1.82, 2.24) is 0 Å². The van der Waals surface area contributed by atoms with Crippen LogP contribution in [0, 0.1) is 5.82 Å². The van der Waals surface area contributed by atoms with Crippen LogP contribution in [-0.4, -0.2) is 20.0 Å². The van der Waals surface area contributed by atoms with Gasteiger partial charge in [0.25, 0.3) is 0 Å². The molecule has 0 N–H and O–H groups in total. The van der Waals surface area contributed by atoms with Crippen molar-refractivity contribution in [2.75, 3.05) is 14.2 Å². The normalized spacial score (nSPS) is 10.3. The monoisotopic (exact) mass is 416 g/mol. The molecule has 0 spiro atoms. The van der Waals surface area contributed by atoms with Gasteiger partial charge in [-0.25, -0.2) is 4.39 Å². The predicted molar refractivity (Wildman–Crippen MR) is 84.8 cm³/mol. The van der Waals surface area contributed by atoms with Gasteiger partial charge in [0.2, 0.25) is 0 Å². The summed E-state index contributed by atoms with van der Waals surface area (Å²) in [6.07, 6.45) is 0. The number of benzene rings is 2. The van der Waals surface area contributed by atoms with E-state index in [1.807, 2.05) is 0 Å². The molecule has 0 radical (unpaired) electrons. The van der Waals surface area contributed by atoms with Gasteiger partial charge in [-0.05, 0) is 56.1 Å². The fourth-order valence-corrected chi connectivity index (χ4v) is 3.00. The van der Waals surface area contributed by atoms with Gasteiger partial charge in [0.05, 0.1) is 19.8 Å². The Bertz CT molecular complexity index is 702. The van der Waals surface area contributed by atoms with E-state index in [2.05, 4.69) is 31.9 Å². The number of ether oxygens (including phenoxy) is 2. The quantitative estimate of drug-likeness (QED) is 0.682. The first-order chi connectivity index (χ1) is 9.97. The molecule has 0 aromatic heterocycles. The molecule has 0 bridgehead atoms. The van der Waals surface area contributed by atoms with Crippen LogP contribution < -0.4 is 9.47 Å². The Balaban J connectivity index is 2.57. The van der Waals surface area contributed by atoms with Crippen LogP contribution in [0.5, 0.6) is 11.5 Å². The number of hydrogen-bond acceptors (Lipinski definition) is 3. The van der Waals surface area contributed by atoms with Crippen LogP contribution in [0.15, 0.2) is 39.3 Å². The summed E-state index contributed by atoms with van der Waals surface area (Å²) in [7, 11) is 3.00. The van der Waals surface area contributed by atoms with Crippen LogP contribution in [0.1, 0.15) is 15.9 Å². The maximum absolute atomic E-state index is 13.1. The molecule has 0 saturated carbocycles. The van der Waals surface area contributed by atoms with Crippen molar-refractivity contribution < 1.29 is 18.7 Å². The average Bonchev–Trinajstić information content (AvgIpc) is 2.45. The Morgan fingerprint density at radius 1 is 1.05 bits per heavy atom. The summed E-state index contributed by atoms with van der Waals surface area (Å²) in [4.78, 5) is 12.7. The highest BCUT2D eigenvalue weighted by atomic mass is 79.9. The fraction of sp³-hybridized carbons (Fsp3) is 0.133. The maximum atomic E-state index is 13.1. The molecule has 0 saturated heterocycles. The van der Waals surface area contributed by atoms with Gasteiger partial charge in [0.15, 0.2) is 5.78 Å². The zero-order valence-electron chi connectivity index (χ0n) is 11.2. The number of rotatable bonds is 4. The van der Waals surface area contributed by atoms with Gasteiger partial charge in [-0.2, -0.15) is 0 Å². The number of halogens is 3. The van der Waals surface area contributed by atoms with E-state index < -0.39 is 5.82 Å². The topological polar surface area (TPSA) is 35.5 Å². The molecule has 0 aliphatic heterocycles. The van der Waals surface area contributed by atoms with Gasteiger partial charge in [-0.15, -0.1) is 0 Å². The Labute approximate surface area is 138 Å². The zero-order chi connectivity index (χ0) is 15.6. The second-order valence-electron chi connectivity index (χ2n) is 4.14. The van der Waals surface area contributed by atoms with E-state index in [9.17, 15) is 9.18 Å². The summed E-state index contributed by atoms with van der Waals surface area (Å²) in [6, 6.07) is 7.21. The molecule has 0 unspecified atom stereocenters. The summed E-state index contributed by atoms with van der Waals surface area (Å²) in [6.45, 7) is 0. The summed E-state index contributed by atoms with van der Waals surface area (Å²) in [5, 5.41) is 0. The van der Waals surface area contributed by atoms with E-state index in [-0.39, 0.29) is 5.78 Å². The number of hydrogen-bond donors (Lipinski definition) is 0. The third-order valence-corrected chi connectivity index (χ3v) is 4.17. The zero-order valence-corrected chi connectivity index (χ0v) is 14.4. The number of methoxy groups -OCH3 is 2. The third-order valence-electron chi connectivity index (χ3n) is 2.89. The fourth-order valence-electron chi connectivity index (χ4n) is 1.87. The first-order valence-corrected chi connectivity index (χ1v) is 7.47. The van der Waals surface area contributed by atoms with E-state index >= 15 is 0 Å². The first-order valence-electron chi connectivity index (χ1n) is 5.89. The van der Waals surface area contributed by atoms with Gasteiger partial charge >= 0.3 is 0 Å². The Kier molecular flexibility index (Phi) is 5.00. The minimum absolute atomic E-state index is 0.284. The molecule has 21 heavy (non-hydrogen) atoms. The van der Waals surface area contributed by atoms with E-state index in [0.717, 1.165) is 0 Å². The number of ketones is 1. The molecule has 2 rings (SSSR count). The van der Waals surface area contributed by atoms with Gasteiger partial charge in [0.1, 0.15) is 17.3 Å². The van der Waals surface area contributed by atoms with Crippen LogP contribution in [0.3, 0.4) is 0 Å². The first kappa shape index (κ1) is 16.0. The number of carbonyl (C=O) groups excluding carboxylic acids is 1. The lowest BCUT2D eigenvalue weighted by Crippen LogP contribution is -2.06. The molecule has 3 nitrogen and oxygen atoms in total. The van der Waals surface area contributed by atoms with Gasteiger partial charge in [-0.3, -0.25) is 4.79 Å². The Morgan fingerprint density at radius 2 is 1.76 bits per heavy atom. The highest BCUT2D eigenvalue weighted by Gasteiger charge is 2.21. The van der Waals surface area contributed by atoms with Crippen LogP contribution in [0.2, 0.25) is 0 Å². The highest BCUT2D eigenvalue weighted by molar-refractivity contribution is 9.11. The van der Waals surface area contributed by atoms with Crippen molar-refractivity contribution in [1.29, 1.82) is 0 Å². The Morgan fingerprint density at radius 3 is 2.33 bits per heavy atom. The summed E-state index contributed by atoms with van der Waals surface area (Å²) >= 11 is 6.55. The molecule has 2 aromatic rings. The third kappa shape index (κ3) is 3.27. The summed E-state index contributed by atoms with van der Waals surface area (Å²) in [5.74, 6) is 0.239. The lowest BCUT2D eigenvalue weighted by atomic mass is 10.0. The molecule has 110 valence electrons. The minimum Gasteiger partial charge on any atom is -0.497 e. The molecule has 0 aliphatic rings. The SMILES string of the molecule is COc1cc(Br)c(C(=O)c2ccc(F)cc2Br)c(OC)c1. The highest BCUT2D eigenvalue weighted by Crippen LogP contribution is 2.35. The van der Waals surface area contributed by atoms with Crippen LogP contribution in [0.4, 0.5) is 4.39 Å². The maximum Gasteiger partial charge on any atom is 0.199 e. The van der Waals surface area contributed by atoms with Crippen LogP contribution in [-0.2, 0) is 0 Å². The van der Waals surface area contributed by atoms with Gasteiger partial charge in [0, 0.05) is 20.6 Å². The molecule has 0 atom stereocenters. The molecule has 0 amide bonds. The van der Waals surface area contributed by atoms with Crippen molar-refractivity contribution in [3.63, 3.8) is 0 Å². The van der Waals surface area contributed by atoms with E-state index in [0.29, 0.717) is 31.6 Å². The molecular weight excluding hydrogens is 407 g/mol. The Hall–Kier alpha value is -1.40. The van der Waals surface area contributed by atoms with Crippen molar-refractivity contribution in [3.05, 3.63) is 56.2 Å². The van der Waals surface area contributed by atoms with Crippen molar-refractivity contribution >= 4 is 37.6 Å². The molecule has 6 heteroatoms. The lowest BCUT2D eigenvalue weighted by Gasteiger charge is -2.13. The van der Waals surface area contributed by atoms with Crippen LogP contribution >= 0.6 is 31.9 Å². The minimum atomic E-state index is -0.417. The summed E-state index contributed by atoms with van der Waals surface area (Å²) in [5.41, 5.74) is 0.700. The van der Waals surface area contributed by atoms with Gasteiger partial charge in [-0.1, -0.05) is 0 Å². The van der Waals surface area contributed by atoms with Crippen LogP contribution in [0.25, 0.3) is 0 Å². The van der Waals surface area contributed by atoms with E-state index in [1.165, 1.54) is 32.4 Å². The number of carbonyl (C=O) groups is 1. The van der Waals surface area contributed by atoms with E-state index in [1.54, 1.807) is 12.1 Å². The molecular formula is C15H11Br2FO3. The lowest BCUT2D eigenvalue weighted by molar-refractivity contribution is 0.103. The van der Waals surface area contributed by atoms with Crippen molar-refractivity contribution in [3.8, 4) is 11.5 Å². The molecule has 0 fully saturated rings. The summed E-state index contributed by atoms with van der Waals surface area (Å²) < 4.78 is 24.5. The van der Waals surface area contributed by atoms with Crippen molar-refractivity contribution in [2.45, 2.75) is 0 Å². The molecule has 0 aliphatic carbocycles. The molecule has 2 aromatic carbocycles. The predicted octanol–water partition coefficient (Wildman–Crippen LogP) is 4.60. The largest absolute Gasteiger partial charge is 0.497 e. The second kappa shape index (κ2) is 6.58. The standard InChI is InChI=1S/C15H11Br2FO3/c1-20-9-6-12(17)14(13(7-9)21-2)15(19)10-4-3-8(18)5-11(10)16/h3-7H,1-2H3.